The molecule has 1 saturated heterocycles. The summed E-state index contributed by atoms with van der Waals surface area (Å²) < 4.78 is 38.6. The van der Waals surface area contributed by atoms with E-state index in [1.165, 1.54) is 18.1 Å². The molecule has 9 nitrogen and oxygen atoms in total. The maximum atomic E-state index is 13.0. The Morgan fingerprint density at radius 3 is 2.47 bits per heavy atom. The smallest absolute Gasteiger partial charge is 0.414 e. The van der Waals surface area contributed by atoms with Crippen LogP contribution in [0.3, 0.4) is 0 Å². The highest BCUT2D eigenvalue weighted by Crippen LogP contribution is 2.25. The topological polar surface area (TPSA) is 114 Å². The van der Waals surface area contributed by atoms with E-state index in [1.807, 2.05) is 0 Å². The summed E-state index contributed by atoms with van der Waals surface area (Å²) in [5, 5.41) is 2.75. The summed E-state index contributed by atoms with van der Waals surface area (Å²) in [7, 11) is -2.42. The number of ether oxygens (including phenoxy) is 2. The van der Waals surface area contributed by atoms with Crippen molar-refractivity contribution in [2.24, 2.45) is 0 Å². The number of hydrogen-bond acceptors (Lipinski definition) is 6. The van der Waals surface area contributed by atoms with Crippen molar-refractivity contribution in [3.8, 4) is 5.75 Å². The van der Waals surface area contributed by atoms with Gasteiger partial charge in [0.25, 0.3) is 15.9 Å². The van der Waals surface area contributed by atoms with Gasteiger partial charge in [0.05, 0.1) is 18.6 Å². The van der Waals surface area contributed by atoms with E-state index >= 15 is 0 Å². The van der Waals surface area contributed by atoms with Crippen molar-refractivity contribution < 1.29 is 27.5 Å². The molecule has 3 aromatic rings. The minimum absolute atomic E-state index is 0.00969. The van der Waals surface area contributed by atoms with E-state index in [0.29, 0.717) is 41.5 Å². The van der Waals surface area contributed by atoms with Crippen molar-refractivity contribution >= 4 is 39.1 Å². The predicted molar refractivity (Wildman–Crippen MR) is 128 cm³/mol. The van der Waals surface area contributed by atoms with Crippen molar-refractivity contribution in [3.05, 3.63) is 77.9 Å². The molecular formula is C24H23N3O6S. The molecule has 0 bridgehead atoms. The number of cyclic esters (lactones) is 1. The van der Waals surface area contributed by atoms with Gasteiger partial charge in [-0.3, -0.25) is 14.4 Å². The van der Waals surface area contributed by atoms with Gasteiger partial charge >= 0.3 is 6.09 Å². The molecule has 1 fully saturated rings. The van der Waals surface area contributed by atoms with Crippen LogP contribution in [0.1, 0.15) is 15.9 Å². The fourth-order valence-corrected chi connectivity index (χ4v) is 4.81. The van der Waals surface area contributed by atoms with Crippen molar-refractivity contribution in [2.45, 2.75) is 11.8 Å². The summed E-state index contributed by atoms with van der Waals surface area (Å²) in [4.78, 5) is 26.1. The van der Waals surface area contributed by atoms with Gasteiger partial charge in [-0.15, -0.1) is 0 Å². The van der Waals surface area contributed by atoms with Crippen LogP contribution in [-0.4, -0.2) is 40.7 Å². The van der Waals surface area contributed by atoms with Crippen LogP contribution in [0.25, 0.3) is 0 Å². The summed E-state index contributed by atoms with van der Waals surface area (Å²) in [6.45, 7) is 2.39. The summed E-state index contributed by atoms with van der Waals surface area (Å²) in [5.41, 5.74) is 2.09. The number of nitrogens with one attached hydrogen (secondary N) is 2. The molecule has 1 heterocycles. The summed E-state index contributed by atoms with van der Waals surface area (Å²) in [6, 6.07) is 17.7. The maximum Gasteiger partial charge on any atom is 0.414 e. The zero-order valence-electron chi connectivity index (χ0n) is 18.6. The Labute approximate surface area is 197 Å². The molecule has 0 aromatic heterocycles. The van der Waals surface area contributed by atoms with E-state index in [0.717, 1.165) is 0 Å². The normalized spacial score (nSPS) is 13.4. The first kappa shape index (κ1) is 23.1. The van der Waals surface area contributed by atoms with E-state index in [2.05, 4.69) is 10.0 Å². The minimum atomic E-state index is -3.95. The van der Waals surface area contributed by atoms with Crippen LogP contribution < -0.4 is 19.7 Å². The van der Waals surface area contributed by atoms with Gasteiger partial charge in [0.15, 0.2) is 0 Å². The van der Waals surface area contributed by atoms with E-state index in [9.17, 15) is 18.0 Å². The number of aryl methyl sites for hydroxylation is 1. The molecule has 0 unspecified atom stereocenters. The zero-order chi connectivity index (χ0) is 24.3. The molecule has 0 aliphatic carbocycles. The summed E-state index contributed by atoms with van der Waals surface area (Å²) >= 11 is 0. The first-order chi connectivity index (χ1) is 16.3. The quantitative estimate of drug-likeness (QED) is 0.527. The third-order valence-electron chi connectivity index (χ3n) is 5.26. The molecule has 3 aromatic carbocycles. The molecule has 10 heteroatoms. The molecule has 0 saturated carbocycles. The van der Waals surface area contributed by atoms with Gasteiger partial charge in [0, 0.05) is 22.6 Å². The van der Waals surface area contributed by atoms with Crippen molar-refractivity contribution in [3.63, 3.8) is 0 Å². The average molecular weight is 482 g/mol. The van der Waals surface area contributed by atoms with Gasteiger partial charge in [0.1, 0.15) is 12.4 Å². The fourth-order valence-electron chi connectivity index (χ4n) is 3.48. The maximum absolute atomic E-state index is 13.0. The number of methoxy groups -OCH3 is 1. The Morgan fingerprint density at radius 1 is 1.03 bits per heavy atom. The number of anilines is 3. The lowest BCUT2D eigenvalue weighted by Crippen LogP contribution is -2.23. The third-order valence-corrected chi connectivity index (χ3v) is 6.78. The second-order valence-corrected chi connectivity index (χ2v) is 9.24. The van der Waals surface area contributed by atoms with Gasteiger partial charge in [-0.25, -0.2) is 13.2 Å². The van der Waals surface area contributed by atoms with Crippen LogP contribution in [0, 0.1) is 6.92 Å². The first-order valence-corrected chi connectivity index (χ1v) is 11.9. The Hall–Kier alpha value is -4.05. The van der Waals surface area contributed by atoms with Gasteiger partial charge in [-0.2, -0.15) is 0 Å². The molecule has 2 N–H and O–H groups in total. The largest absolute Gasteiger partial charge is 0.497 e. The van der Waals surface area contributed by atoms with Gasteiger partial charge in [-0.1, -0.05) is 12.1 Å². The number of sulfonamides is 1. The van der Waals surface area contributed by atoms with Crippen LogP contribution in [-0.2, 0) is 14.8 Å². The molecule has 4 rings (SSSR count). The summed E-state index contributed by atoms with van der Waals surface area (Å²) in [5.74, 6) is 0.116. The molecule has 1 aliphatic rings. The Kier molecular flexibility index (Phi) is 6.42. The highest BCUT2D eigenvalue weighted by atomic mass is 32.2. The van der Waals surface area contributed by atoms with E-state index in [4.69, 9.17) is 9.47 Å². The van der Waals surface area contributed by atoms with Crippen LogP contribution >= 0.6 is 0 Å². The number of carbonyl (C=O) groups is 2. The minimum Gasteiger partial charge on any atom is -0.497 e. The second-order valence-electron chi connectivity index (χ2n) is 7.58. The predicted octanol–water partition coefficient (Wildman–Crippen LogP) is 4.01. The Balaban J connectivity index is 1.54. The summed E-state index contributed by atoms with van der Waals surface area (Å²) in [6.07, 6.45) is -0.443. The Bertz CT molecular complexity index is 1340. The molecule has 1 aliphatic heterocycles. The molecule has 2 amide bonds. The van der Waals surface area contributed by atoms with E-state index in [1.54, 1.807) is 67.6 Å². The molecule has 0 radical (unpaired) electrons. The van der Waals surface area contributed by atoms with E-state index in [-0.39, 0.29) is 10.5 Å². The number of carbonyl (C=O) groups excluding carboxylic acids is 2. The SMILES string of the molecule is COc1ccc(NS(=O)(=O)c2cc(C(=O)Nc3cccc(N4CCOC4=O)c3)ccc2C)cc1. The highest BCUT2D eigenvalue weighted by molar-refractivity contribution is 7.92. The molecule has 0 spiro atoms. The number of benzene rings is 3. The number of rotatable bonds is 7. The molecule has 34 heavy (non-hydrogen) atoms. The average Bonchev–Trinajstić information content (AvgIpc) is 3.25. The van der Waals surface area contributed by atoms with Crippen LogP contribution in [0.4, 0.5) is 21.9 Å². The third kappa shape index (κ3) is 4.96. The zero-order valence-corrected chi connectivity index (χ0v) is 19.4. The lowest BCUT2D eigenvalue weighted by molar-refractivity contribution is 0.102. The number of amides is 2. The second kappa shape index (κ2) is 9.44. The number of hydrogen-bond donors (Lipinski definition) is 2. The Morgan fingerprint density at radius 2 is 1.79 bits per heavy atom. The van der Waals surface area contributed by atoms with Crippen LogP contribution in [0.15, 0.2) is 71.6 Å². The van der Waals surface area contributed by atoms with Crippen molar-refractivity contribution in [1.29, 1.82) is 0 Å². The van der Waals surface area contributed by atoms with E-state index < -0.39 is 22.0 Å². The molecule has 0 atom stereocenters. The molecular weight excluding hydrogens is 458 g/mol. The lowest BCUT2D eigenvalue weighted by Gasteiger charge is -2.15. The van der Waals surface area contributed by atoms with Crippen molar-refractivity contribution in [1.82, 2.24) is 0 Å². The monoisotopic (exact) mass is 481 g/mol. The number of nitrogens with zero attached hydrogens (tertiary/aromatic N) is 1. The first-order valence-electron chi connectivity index (χ1n) is 10.4. The van der Waals surface area contributed by atoms with Crippen LogP contribution in [0.2, 0.25) is 0 Å². The standard InChI is InChI=1S/C24H23N3O6S/c1-16-6-7-17(14-22(16)34(30,31)26-18-8-10-21(32-2)11-9-18)23(28)25-19-4-3-5-20(15-19)27-12-13-33-24(27)29/h3-11,14-15,26H,12-13H2,1-2H3,(H,25,28). The van der Waals surface area contributed by atoms with Crippen LogP contribution in [0.5, 0.6) is 5.75 Å². The van der Waals surface area contributed by atoms with Gasteiger partial charge in [0.2, 0.25) is 0 Å². The molecule has 176 valence electrons. The lowest BCUT2D eigenvalue weighted by atomic mass is 10.1. The van der Waals surface area contributed by atoms with Gasteiger partial charge < -0.3 is 14.8 Å². The van der Waals surface area contributed by atoms with Crippen molar-refractivity contribution in [2.75, 3.05) is 35.2 Å². The van der Waals surface area contributed by atoms with Gasteiger partial charge in [-0.05, 0) is 67.1 Å². The highest BCUT2D eigenvalue weighted by Gasteiger charge is 2.24. The fraction of sp³-hybridized carbons (Fsp3) is 0.167.